The highest BCUT2D eigenvalue weighted by atomic mass is 16.5. The second-order valence-electron chi connectivity index (χ2n) is 6.93. The Kier molecular flexibility index (Phi) is 5.45. The normalized spacial score (nSPS) is 11.1. The van der Waals surface area contributed by atoms with Gasteiger partial charge in [0.1, 0.15) is 23.6 Å². The fourth-order valence-corrected chi connectivity index (χ4v) is 3.09. The van der Waals surface area contributed by atoms with Crippen LogP contribution < -0.4 is 5.63 Å². The molecule has 0 aliphatic carbocycles. The molecule has 0 amide bonds. The number of aromatic hydroxyl groups is 1. The van der Waals surface area contributed by atoms with Crippen molar-refractivity contribution in [3.8, 4) is 5.75 Å². The van der Waals surface area contributed by atoms with Gasteiger partial charge < -0.3 is 24.0 Å². The lowest BCUT2D eigenvalue weighted by molar-refractivity contribution is 0.0376. The summed E-state index contributed by atoms with van der Waals surface area (Å²) >= 11 is 0. The number of carbonyl (C=O) groups is 2. The van der Waals surface area contributed by atoms with E-state index < -0.39 is 17.6 Å². The molecule has 3 aromatic rings. The molecule has 1 aromatic carbocycles. The molecule has 2 heterocycles. The maximum absolute atomic E-state index is 12.6. The molecule has 0 aliphatic rings. The Hall–Kier alpha value is -3.55. The lowest BCUT2D eigenvalue weighted by Gasteiger charge is -2.09. The highest BCUT2D eigenvalue weighted by Crippen LogP contribution is 2.24. The summed E-state index contributed by atoms with van der Waals surface area (Å²) in [6.07, 6.45) is -0.288. The number of nitrogens with one attached hydrogen (secondary N) is 1. The molecule has 0 bridgehead atoms. The van der Waals surface area contributed by atoms with Crippen LogP contribution in [0.25, 0.3) is 11.0 Å². The van der Waals surface area contributed by atoms with Gasteiger partial charge in [0.15, 0.2) is 0 Å². The van der Waals surface area contributed by atoms with E-state index in [0.717, 1.165) is 0 Å². The van der Waals surface area contributed by atoms with Gasteiger partial charge in [-0.05, 0) is 45.4 Å². The number of fused-ring (bicyclic) bond motifs is 1. The molecule has 8 heteroatoms. The zero-order valence-corrected chi connectivity index (χ0v) is 16.5. The summed E-state index contributed by atoms with van der Waals surface area (Å²) in [7, 11) is 0. The van der Waals surface area contributed by atoms with Gasteiger partial charge in [0.25, 0.3) is 0 Å². The Labute approximate surface area is 166 Å². The predicted molar refractivity (Wildman–Crippen MR) is 104 cm³/mol. The molecular weight excluding hydrogens is 378 g/mol. The smallest absolute Gasteiger partial charge is 0.355 e. The average Bonchev–Trinajstić information content (AvgIpc) is 2.92. The summed E-state index contributed by atoms with van der Waals surface area (Å²) in [6, 6.07) is 5.55. The standard InChI is InChI=1S/C21H21NO7/c1-10(2)28-20(25)18-11(3)19(22-12(18)4)21(26)27-9-13-7-17(24)29-16-8-14(23)5-6-15(13)16/h5-8,10,22-23H,9H2,1-4H3. The number of phenolic OH excluding ortho intramolecular Hbond substituents is 1. The Morgan fingerprint density at radius 2 is 1.90 bits per heavy atom. The minimum atomic E-state index is -0.672. The van der Waals surface area contributed by atoms with Gasteiger partial charge in [0.05, 0.1) is 11.7 Å². The van der Waals surface area contributed by atoms with Gasteiger partial charge in [0, 0.05) is 28.8 Å². The number of phenols is 1. The number of aryl methyl sites for hydroxylation is 1. The van der Waals surface area contributed by atoms with E-state index in [9.17, 15) is 19.5 Å². The first-order valence-corrected chi connectivity index (χ1v) is 9.00. The molecule has 0 saturated heterocycles. The molecule has 0 aliphatic heterocycles. The van der Waals surface area contributed by atoms with E-state index in [1.807, 2.05) is 0 Å². The Bertz CT molecular complexity index is 1150. The van der Waals surface area contributed by atoms with Crippen molar-refractivity contribution in [2.75, 3.05) is 0 Å². The Morgan fingerprint density at radius 3 is 2.59 bits per heavy atom. The van der Waals surface area contributed by atoms with Crippen LogP contribution in [0.5, 0.6) is 5.75 Å². The van der Waals surface area contributed by atoms with Crippen LogP contribution in [-0.2, 0) is 16.1 Å². The van der Waals surface area contributed by atoms with E-state index in [4.69, 9.17) is 13.9 Å². The largest absolute Gasteiger partial charge is 0.508 e. The summed E-state index contributed by atoms with van der Waals surface area (Å²) < 4.78 is 15.6. The first kappa shape index (κ1) is 20.2. The highest BCUT2D eigenvalue weighted by Gasteiger charge is 2.24. The van der Waals surface area contributed by atoms with Gasteiger partial charge in [0.2, 0.25) is 0 Å². The maximum Gasteiger partial charge on any atom is 0.355 e. The molecule has 3 rings (SSSR count). The Balaban J connectivity index is 1.85. The molecule has 2 aromatic heterocycles. The van der Waals surface area contributed by atoms with Gasteiger partial charge in [-0.3, -0.25) is 0 Å². The molecule has 29 heavy (non-hydrogen) atoms. The number of esters is 2. The third kappa shape index (κ3) is 4.16. The van der Waals surface area contributed by atoms with Gasteiger partial charge >= 0.3 is 17.6 Å². The first-order chi connectivity index (χ1) is 13.7. The molecule has 0 radical (unpaired) electrons. The van der Waals surface area contributed by atoms with Crippen LogP contribution in [0.4, 0.5) is 0 Å². The van der Waals surface area contributed by atoms with E-state index in [1.165, 1.54) is 18.2 Å². The SMILES string of the molecule is Cc1[nH]c(C(=O)OCc2cc(=O)oc3cc(O)ccc23)c(C)c1C(=O)OC(C)C. The molecule has 0 unspecified atom stereocenters. The molecule has 2 N–H and O–H groups in total. The van der Waals surface area contributed by atoms with E-state index >= 15 is 0 Å². The quantitative estimate of drug-likeness (QED) is 0.499. The molecule has 8 nitrogen and oxygen atoms in total. The van der Waals surface area contributed by atoms with Crippen LogP contribution >= 0.6 is 0 Å². The number of hydrogen-bond acceptors (Lipinski definition) is 7. The van der Waals surface area contributed by atoms with E-state index in [0.29, 0.717) is 27.8 Å². The van der Waals surface area contributed by atoms with E-state index in [2.05, 4.69) is 4.98 Å². The topological polar surface area (TPSA) is 119 Å². The van der Waals surface area contributed by atoms with Gasteiger partial charge in [-0.2, -0.15) is 0 Å². The number of rotatable bonds is 5. The van der Waals surface area contributed by atoms with Crippen LogP contribution in [-0.4, -0.2) is 28.1 Å². The maximum atomic E-state index is 12.6. The average molecular weight is 399 g/mol. The number of benzene rings is 1. The highest BCUT2D eigenvalue weighted by molar-refractivity contribution is 5.98. The molecule has 152 valence electrons. The van der Waals surface area contributed by atoms with Crippen molar-refractivity contribution in [2.45, 2.75) is 40.4 Å². The summed E-state index contributed by atoms with van der Waals surface area (Å²) in [5, 5.41) is 10.1. The van der Waals surface area contributed by atoms with E-state index in [1.54, 1.807) is 33.8 Å². The zero-order valence-electron chi connectivity index (χ0n) is 16.5. The van der Waals surface area contributed by atoms with Gasteiger partial charge in [-0.1, -0.05) is 0 Å². The fraction of sp³-hybridized carbons (Fsp3) is 0.286. The second-order valence-corrected chi connectivity index (χ2v) is 6.93. The lowest BCUT2D eigenvalue weighted by atomic mass is 10.1. The zero-order chi connectivity index (χ0) is 21.3. The molecule has 0 fully saturated rings. The third-order valence-electron chi connectivity index (χ3n) is 4.36. The summed E-state index contributed by atoms with van der Waals surface area (Å²) in [4.78, 5) is 39.5. The number of aromatic amines is 1. The minimum absolute atomic E-state index is 0.0481. The molecular formula is C21H21NO7. The van der Waals surface area contributed by atoms with Crippen LogP contribution in [0.2, 0.25) is 0 Å². The number of aromatic nitrogens is 1. The van der Waals surface area contributed by atoms with Crippen molar-refractivity contribution in [2.24, 2.45) is 0 Å². The van der Waals surface area contributed by atoms with Crippen LogP contribution in [0.1, 0.15) is 51.5 Å². The number of carbonyl (C=O) groups excluding carboxylic acids is 2. The monoisotopic (exact) mass is 399 g/mol. The van der Waals surface area contributed by atoms with Crippen LogP contribution in [0, 0.1) is 13.8 Å². The van der Waals surface area contributed by atoms with Gasteiger partial charge in [-0.15, -0.1) is 0 Å². The molecule has 0 spiro atoms. The fourth-order valence-electron chi connectivity index (χ4n) is 3.09. The van der Waals surface area contributed by atoms with Gasteiger partial charge in [-0.25, -0.2) is 14.4 Å². The third-order valence-corrected chi connectivity index (χ3v) is 4.36. The molecule has 0 saturated carbocycles. The minimum Gasteiger partial charge on any atom is -0.508 e. The summed E-state index contributed by atoms with van der Waals surface area (Å²) in [6.45, 7) is 6.60. The second kappa shape index (κ2) is 7.83. The van der Waals surface area contributed by atoms with E-state index in [-0.39, 0.29) is 29.7 Å². The number of ether oxygens (including phenoxy) is 2. The van der Waals surface area contributed by atoms with Crippen molar-refractivity contribution in [3.63, 3.8) is 0 Å². The first-order valence-electron chi connectivity index (χ1n) is 9.00. The summed E-state index contributed by atoms with van der Waals surface area (Å²) in [5.74, 6) is -1.24. The number of H-pyrrole nitrogens is 1. The van der Waals surface area contributed by atoms with Crippen molar-refractivity contribution in [1.29, 1.82) is 0 Å². The number of hydrogen-bond donors (Lipinski definition) is 2. The Morgan fingerprint density at radius 1 is 1.17 bits per heavy atom. The van der Waals surface area contributed by atoms with Crippen LogP contribution in [0.15, 0.2) is 33.5 Å². The van der Waals surface area contributed by atoms with Crippen LogP contribution in [0.3, 0.4) is 0 Å². The predicted octanol–water partition coefficient (Wildman–Crippen LogP) is 3.37. The molecule has 0 atom stereocenters. The lowest BCUT2D eigenvalue weighted by Crippen LogP contribution is -2.13. The van der Waals surface area contributed by atoms with Crippen molar-refractivity contribution in [1.82, 2.24) is 4.98 Å². The van der Waals surface area contributed by atoms with Crippen molar-refractivity contribution < 1.29 is 28.6 Å². The van der Waals surface area contributed by atoms with Crippen molar-refractivity contribution in [3.05, 3.63) is 62.8 Å². The van der Waals surface area contributed by atoms with Crippen molar-refractivity contribution >= 4 is 22.9 Å². The summed E-state index contributed by atoms with van der Waals surface area (Å²) in [5.41, 5.74) is 1.37.